The molecule has 0 saturated heterocycles. The monoisotopic (exact) mass is 415 g/mol. The molecule has 2 aromatic heterocycles. The van der Waals surface area contributed by atoms with Gasteiger partial charge in [0.2, 0.25) is 0 Å². The molecule has 0 bridgehead atoms. The smallest absolute Gasteiger partial charge is 0.475 e. The first-order valence-electron chi connectivity index (χ1n) is 9.40. The number of hydrogen-bond donors (Lipinski definition) is 1. The van der Waals surface area contributed by atoms with E-state index in [1.807, 2.05) is 30.1 Å². The summed E-state index contributed by atoms with van der Waals surface area (Å²) in [6.45, 7) is 3.49. The highest BCUT2D eigenvalue weighted by Gasteiger charge is 2.38. The predicted molar refractivity (Wildman–Crippen MR) is 96.0 cm³/mol. The van der Waals surface area contributed by atoms with Crippen molar-refractivity contribution in [1.82, 2.24) is 14.7 Å². The third kappa shape index (κ3) is 5.83. The van der Waals surface area contributed by atoms with Crippen molar-refractivity contribution < 1.29 is 32.2 Å². The van der Waals surface area contributed by atoms with E-state index < -0.39 is 12.1 Å². The van der Waals surface area contributed by atoms with Gasteiger partial charge in [-0.1, -0.05) is 0 Å². The number of aryl methyl sites for hydroxylation is 1. The van der Waals surface area contributed by atoms with Crippen LogP contribution in [0.1, 0.15) is 35.9 Å². The van der Waals surface area contributed by atoms with Gasteiger partial charge in [0.15, 0.2) is 0 Å². The molecule has 1 N–H and O–H groups in total. The van der Waals surface area contributed by atoms with Crippen molar-refractivity contribution in [3.63, 3.8) is 0 Å². The number of carboxylic acid groups (broad SMARTS) is 1. The number of hydrogen-bond acceptors (Lipinski definition) is 5. The van der Waals surface area contributed by atoms with Gasteiger partial charge in [0.25, 0.3) is 0 Å². The summed E-state index contributed by atoms with van der Waals surface area (Å²) >= 11 is 0. The molecule has 2 aromatic rings. The highest BCUT2D eigenvalue weighted by molar-refractivity contribution is 5.73. The van der Waals surface area contributed by atoms with E-state index in [-0.39, 0.29) is 6.04 Å². The molecule has 10 heteroatoms. The first-order chi connectivity index (χ1) is 13.8. The number of carbonyl (C=O) groups is 1. The van der Waals surface area contributed by atoms with Crippen molar-refractivity contribution in [2.24, 2.45) is 13.0 Å². The minimum Gasteiger partial charge on any atom is -0.475 e. The van der Waals surface area contributed by atoms with Crippen molar-refractivity contribution in [3.8, 4) is 0 Å². The Bertz CT molecular complexity index is 800. The van der Waals surface area contributed by atoms with Gasteiger partial charge in [0.05, 0.1) is 37.3 Å². The molecule has 1 aliphatic heterocycles. The number of aromatic nitrogens is 2. The lowest BCUT2D eigenvalue weighted by atomic mass is 10.00. The lowest BCUT2D eigenvalue weighted by molar-refractivity contribution is -0.192. The topological polar surface area (TPSA) is 80.7 Å². The first kappa shape index (κ1) is 21.4. The van der Waals surface area contributed by atoms with Crippen LogP contribution in [-0.4, -0.2) is 51.7 Å². The first-order valence-corrected chi connectivity index (χ1v) is 9.40. The molecular weight excluding hydrogens is 391 g/mol. The summed E-state index contributed by atoms with van der Waals surface area (Å²) in [7, 11) is 2.03. The van der Waals surface area contributed by atoms with Crippen molar-refractivity contribution in [2.45, 2.75) is 38.0 Å². The van der Waals surface area contributed by atoms with Crippen molar-refractivity contribution in [2.75, 3.05) is 19.8 Å². The Morgan fingerprint density at radius 2 is 2.10 bits per heavy atom. The number of alkyl halides is 3. The average Bonchev–Trinajstić information content (AvgIpc) is 3.18. The summed E-state index contributed by atoms with van der Waals surface area (Å²) in [5.41, 5.74) is 2.66. The molecule has 7 nitrogen and oxygen atoms in total. The van der Waals surface area contributed by atoms with Crippen molar-refractivity contribution in [3.05, 3.63) is 41.6 Å². The van der Waals surface area contributed by atoms with Gasteiger partial charge in [-0.05, 0) is 42.9 Å². The van der Waals surface area contributed by atoms with E-state index in [4.69, 9.17) is 19.1 Å². The Morgan fingerprint density at radius 3 is 2.69 bits per heavy atom. The van der Waals surface area contributed by atoms with Gasteiger partial charge in [0, 0.05) is 20.2 Å². The average molecular weight is 415 g/mol. The second-order valence-electron chi connectivity index (χ2n) is 7.28. The van der Waals surface area contributed by atoms with Crippen LogP contribution in [0, 0.1) is 5.92 Å². The molecule has 1 fully saturated rings. The van der Waals surface area contributed by atoms with Gasteiger partial charge in [-0.25, -0.2) is 4.79 Å². The fourth-order valence-corrected chi connectivity index (χ4v) is 3.31. The van der Waals surface area contributed by atoms with E-state index in [1.54, 1.807) is 6.26 Å². The number of nitrogens with zero attached hydrogens (tertiary/aromatic N) is 3. The summed E-state index contributed by atoms with van der Waals surface area (Å²) in [4.78, 5) is 11.3. The van der Waals surface area contributed by atoms with Gasteiger partial charge in [-0.2, -0.15) is 18.3 Å². The second kappa shape index (κ2) is 9.00. The molecular formula is C19H24F3N3O4. The molecule has 2 aliphatic rings. The Labute approximate surface area is 166 Å². The molecule has 0 amide bonds. The largest absolute Gasteiger partial charge is 0.490 e. The number of halogens is 3. The molecule has 4 rings (SSSR count). The van der Waals surface area contributed by atoms with E-state index >= 15 is 0 Å². The Morgan fingerprint density at radius 1 is 1.38 bits per heavy atom. The summed E-state index contributed by atoms with van der Waals surface area (Å²) in [5.74, 6) is -0.946. The number of rotatable bonds is 6. The van der Waals surface area contributed by atoms with Crippen LogP contribution in [0.2, 0.25) is 0 Å². The van der Waals surface area contributed by atoms with Crippen LogP contribution in [-0.2, 0) is 29.5 Å². The van der Waals surface area contributed by atoms with Crippen LogP contribution in [0.25, 0.3) is 0 Å². The van der Waals surface area contributed by atoms with E-state index in [0.717, 1.165) is 44.4 Å². The van der Waals surface area contributed by atoms with Crippen LogP contribution in [0.4, 0.5) is 13.2 Å². The number of furan rings is 1. The summed E-state index contributed by atoms with van der Waals surface area (Å²) in [5, 5.41) is 11.6. The van der Waals surface area contributed by atoms with E-state index in [2.05, 4.69) is 10.00 Å². The quantitative estimate of drug-likeness (QED) is 0.781. The lowest BCUT2D eigenvalue weighted by Crippen LogP contribution is -2.38. The molecule has 0 radical (unpaired) electrons. The zero-order valence-corrected chi connectivity index (χ0v) is 16.1. The molecule has 160 valence electrons. The maximum absolute atomic E-state index is 10.6. The fraction of sp³-hybridized carbons (Fsp3) is 0.579. The highest BCUT2D eigenvalue weighted by atomic mass is 19.4. The minimum atomic E-state index is -5.08. The summed E-state index contributed by atoms with van der Waals surface area (Å²) in [6.07, 6.45) is 2.37. The van der Waals surface area contributed by atoms with Crippen LogP contribution in [0.5, 0.6) is 0 Å². The molecule has 0 spiro atoms. The van der Waals surface area contributed by atoms with Gasteiger partial charge in [-0.15, -0.1) is 0 Å². The molecule has 29 heavy (non-hydrogen) atoms. The maximum Gasteiger partial charge on any atom is 0.490 e. The van der Waals surface area contributed by atoms with Crippen LogP contribution in [0.3, 0.4) is 0 Å². The number of carboxylic acids is 1. The van der Waals surface area contributed by atoms with Gasteiger partial charge >= 0.3 is 12.1 Å². The predicted octanol–water partition coefficient (Wildman–Crippen LogP) is 3.17. The molecule has 1 atom stereocenters. The van der Waals surface area contributed by atoms with Crippen LogP contribution in [0.15, 0.2) is 29.0 Å². The Balaban J connectivity index is 0.000000298. The van der Waals surface area contributed by atoms with Crippen molar-refractivity contribution >= 4 is 5.97 Å². The summed E-state index contributed by atoms with van der Waals surface area (Å²) < 4.78 is 45.3. The molecule has 3 heterocycles. The number of ether oxygens (including phenoxy) is 1. The van der Waals surface area contributed by atoms with Crippen LogP contribution >= 0.6 is 0 Å². The van der Waals surface area contributed by atoms with Crippen molar-refractivity contribution in [1.29, 1.82) is 0 Å². The molecule has 1 unspecified atom stereocenters. The molecule has 0 aromatic carbocycles. The standard InChI is InChI=1S/C17H23N3O2.C2HF3O2/c1-19-17-14(9-18-19)6-7-20(10-15-3-2-8-22-15)16(17)12-21-11-13-4-5-13;3-2(4,5)1(6)7/h2-3,8-9,13,16H,4-7,10-12H2,1H3;(H,6,7). The number of fused-ring (bicyclic) bond motifs is 1. The Kier molecular flexibility index (Phi) is 6.63. The van der Waals surface area contributed by atoms with E-state index in [1.165, 1.54) is 24.1 Å². The fourth-order valence-electron chi connectivity index (χ4n) is 3.31. The Hall–Kier alpha value is -2.33. The molecule has 1 saturated carbocycles. The maximum atomic E-state index is 10.6. The second-order valence-corrected chi connectivity index (χ2v) is 7.28. The number of aliphatic carboxylic acids is 1. The third-order valence-corrected chi connectivity index (χ3v) is 5.00. The lowest BCUT2D eigenvalue weighted by Gasteiger charge is -2.35. The van der Waals surface area contributed by atoms with Gasteiger partial charge in [0.1, 0.15) is 5.76 Å². The third-order valence-electron chi connectivity index (χ3n) is 5.00. The van der Waals surface area contributed by atoms with E-state index in [9.17, 15) is 13.2 Å². The molecule has 1 aliphatic carbocycles. The SMILES string of the molecule is Cn1ncc2c1C(COCC1CC1)N(Cc1ccco1)CC2.O=C(O)C(F)(F)F. The summed E-state index contributed by atoms with van der Waals surface area (Å²) in [6, 6.07) is 4.26. The van der Waals surface area contributed by atoms with Gasteiger partial charge in [-0.3, -0.25) is 9.58 Å². The minimum absolute atomic E-state index is 0.264. The zero-order valence-electron chi connectivity index (χ0n) is 16.1. The normalized spacial score (nSPS) is 19.4. The van der Waals surface area contributed by atoms with Gasteiger partial charge < -0.3 is 14.3 Å². The zero-order chi connectivity index (χ0) is 21.0. The van der Waals surface area contributed by atoms with E-state index in [0.29, 0.717) is 0 Å². The highest BCUT2D eigenvalue weighted by Crippen LogP contribution is 2.33. The van der Waals surface area contributed by atoms with Crippen LogP contribution < -0.4 is 0 Å².